The number of carbonyl (C=O) groups is 2. The maximum absolute atomic E-state index is 11.1. The molecule has 0 aromatic heterocycles. The molecule has 1 saturated heterocycles. The zero-order valence-corrected chi connectivity index (χ0v) is 6.84. The van der Waals surface area contributed by atoms with E-state index in [2.05, 4.69) is 10.1 Å². The number of amides is 2. The summed E-state index contributed by atoms with van der Waals surface area (Å²) >= 11 is 1.21. The number of hydrogen-bond acceptors (Lipinski definition) is 4. The molecule has 0 N–H and O–H groups in total. The quantitative estimate of drug-likeness (QED) is 0.603. The van der Waals surface area contributed by atoms with Crippen molar-refractivity contribution in [3.63, 3.8) is 0 Å². The van der Waals surface area contributed by atoms with E-state index in [9.17, 15) is 9.59 Å². The van der Waals surface area contributed by atoms with Crippen LogP contribution in [0.5, 0.6) is 0 Å². The van der Waals surface area contributed by atoms with Gasteiger partial charge in [0.1, 0.15) is 6.26 Å². The first kappa shape index (κ1) is 7.48. The average molecular weight is 185 g/mol. The highest BCUT2D eigenvalue weighted by molar-refractivity contribution is 8.13. The molecule has 5 nitrogen and oxygen atoms in total. The van der Waals surface area contributed by atoms with E-state index in [1.807, 2.05) is 0 Å². The molecule has 2 amide bonds. The third-order valence-corrected chi connectivity index (χ3v) is 2.36. The lowest BCUT2D eigenvalue weighted by atomic mass is 10.6. The van der Waals surface area contributed by atoms with Crippen LogP contribution in [0.1, 0.15) is 0 Å². The van der Waals surface area contributed by atoms with Crippen molar-refractivity contribution >= 4 is 23.1 Å². The molecule has 0 aromatic rings. The van der Waals surface area contributed by atoms with Crippen molar-refractivity contribution in [2.45, 2.75) is 0 Å². The monoisotopic (exact) mass is 185 g/mol. The molecule has 0 aromatic carbocycles. The molecule has 0 bridgehead atoms. The van der Waals surface area contributed by atoms with Gasteiger partial charge in [-0.05, 0) is 0 Å². The van der Waals surface area contributed by atoms with Gasteiger partial charge in [-0.25, -0.2) is 4.79 Å². The lowest BCUT2D eigenvalue weighted by molar-refractivity contribution is 0.196. The zero-order valence-electron chi connectivity index (χ0n) is 6.02. The van der Waals surface area contributed by atoms with Crippen molar-refractivity contribution in [3.05, 3.63) is 12.1 Å². The van der Waals surface area contributed by atoms with Crippen LogP contribution in [0.25, 0.3) is 0 Å². The second-order valence-electron chi connectivity index (χ2n) is 2.24. The van der Waals surface area contributed by atoms with Gasteiger partial charge in [0.05, 0.1) is 0 Å². The van der Waals surface area contributed by atoms with Crippen molar-refractivity contribution in [2.75, 3.05) is 12.3 Å². The van der Waals surface area contributed by atoms with Crippen LogP contribution in [0.2, 0.25) is 0 Å². The molecular formula is C6H5N2O3S. The van der Waals surface area contributed by atoms with E-state index >= 15 is 0 Å². The van der Waals surface area contributed by atoms with E-state index in [0.717, 1.165) is 5.75 Å². The lowest BCUT2D eigenvalue weighted by Crippen LogP contribution is -2.27. The van der Waals surface area contributed by atoms with Crippen LogP contribution in [-0.2, 0) is 4.74 Å². The lowest BCUT2D eigenvalue weighted by Gasteiger charge is -2.10. The fourth-order valence-corrected chi connectivity index (χ4v) is 1.76. The Balaban J connectivity index is 2.10. The highest BCUT2D eigenvalue weighted by atomic mass is 32.2. The molecule has 0 saturated carbocycles. The van der Waals surface area contributed by atoms with E-state index in [1.54, 1.807) is 0 Å². The topological polar surface area (TPSA) is 60.7 Å². The summed E-state index contributed by atoms with van der Waals surface area (Å²) in [6.45, 7) is 0.593. The fraction of sp³-hybridized carbons (Fsp3) is 0.333. The number of ether oxygens (including phenoxy) is 1. The van der Waals surface area contributed by atoms with Crippen LogP contribution in [0.4, 0.5) is 9.59 Å². The van der Waals surface area contributed by atoms with E-state index in [1.165, 1.54) is 22.9 Å². The van der Waals surface area contributed by atoms with Crippen LogP contribution in [0.15, 0.2) is 12.1 Å². The summed E-state index contributed by atoms with van der Waals surface area (Å²) in [6, 6.07) is 0. The molecule has 0 unspecified atom stereocenters. The molecule has 2 heterocycles. The summed E-state index contributed by atoms with van der Waals surface area (Å²) in [6.07, 6.45) is 0.543. The van der Waals surface area contributed by atoms with Gasteiger partial charge in [0.2, 0.25) is 0 Å². The van der Waals surface area contributed by atoms with E-state index < -0.39 is 6.09 Å². The Morgan fingerprint density at radius 1 is 1.58 bits per heavy atom. The first-order valence-corrected chi connectivity index (χ1v) is 4.33. The highest BCUT2D eigenvalue weighted by Crippen LogP contribution is 2.22. The van der Waals surface area contributed by atoms with Crippen LogP contribution >= 0.6 is 11.8 Å². The minimum absolute atomic E-state index is 0.0803. The number of cyclic esters (lactones) is 1. The van der Waals surface area contributed by atoms with Gasteiger partial charge in [0, 0.05) is 12.3 Å². The Labute approximate surface area is 72.7 Å². The molecule has 12 heavy (non-hydrogen) atoms. The van der Waals surface area contributed by atoms with Gasteiger partial charge in [-0.15, -0.1) is 0 Å². The predicted molar refractivity (Wildman–Crippen MR) is 41.3 cm³/mol. The molecule has 6 heteroatoms. The SMILES string of the molecule is O=C1[N]C(N2CCSC2=O)=CO1. The molecule has 0 spiro atoms. The molecule has 0 atom stereocenters. The first-order valence-electron chi connectivity index (χ1n) is 3.34. The van der Waals surface area contributed by atoms with Gasteiger partial charge >= 0.3 is 6.09 Å². The standard InChI is InChI=1S/C6H5N2O3S/c9-5-7-4(3-11-5)8-1-2-12-6(8)10/h3H,1-2H2. The fourth-order valence-electron chi connectivity index (χ4n) is 0.975. The zero-order chi connectivity index (χ0) is 8.55. The molecule has 1 radical (unpaired) electrons. The number of hydrogen-bond donors (Lipinski definition) is 0. The normalized spacial score (nSPS) is 22.3. The number of carbonyl (C=O) groups excluding carboxylic acids is 2. The summed E-state index contributed by atoms with van der Waals surface area (Å²) in [5.74, 6) is 1.05. The van der Waals surface area contributed by atoms with E-state index in [-0.39, 0.29) is 5.24 Å². The van der Waals surface area contributed by atoms with Gasteiger partial charge in [-0.2, -0.15) is 5.32 Å². The molecule has 2 aliphatic heterocycles. The van der Waals surface area contributed by atoms with Crippen LogP contribution < -0.4 is 5.32 Å². The van der Waals surface area contributed by atoms with Gasteiger partial charge in [-0.1, -0.05) is 11.8 Å². The minimum Gasteiger partial charge on any atom is -0.413 e. The van der Waals surface area contributed by atoms with Crippen LogP contribution in [0.3, 0.4) is 0 Å². The number of nitrogens with zero attached hydrogens (tertiary/aromatic N) is 2. The molecular weight excluding hydrogens is 180 g/mol. The molecule has 2 rings (SSSR count). The minimum atomic E-state index is -0.658. The summed E-state index contributed by atoms with van der Waals surface area (Å²) < 4.78 is 4.46. The summed E-state index contributed by atoms with van der Waals surface area (Å²) in [4.78, 5) is 23.0. The Bertz CT molecular complexity index is 276. The van der Waals surface area contributed by atoms with Crippen molar-refractivity contribution in [2.24, 2.45) is 0 Å². The number of rotatable bonds is 1. The Kier molecular flexibility index (Phi) is 1.69. The Morgan fingerprint density at radius 2 is 2.42 bits per heavy atom. The van der Waals surface area contributed by atoms with Crippen LogP contribution in [0, 0.1) is 0 Å². The summed E-state index contributed by atoms with van der Waals surface area (Å²) in [7, 11) is 0. The molecule has 0 aliphatic carbocycles. The highest BCUT2D eigenvalue weighted by Gasteiger charge is 2.30. The maximum atomic E-state index is 11.1. The third kappa shape index (κ3) is 1.14. The molecule has 2 aliphatic rings. The van der Waals surface area contributed by atoms with Crippen molar-refractivity contribution in [1.29, 1.82) is 0 Å². The van der Waals surface area contributed by atoms with E-state index in [4.69, 9.17) is 0 Å². The van der Waals surface area contributed by atoms with E-state index in [0.29, 0.717) is 12.4 Å². The maximum Gasteiger partial charge on any atom is 0.440 e. The molecule has 63 valence electrons. The van der Waals surface area contributed by atoms with Crippen molar-refractivity contribution in [3.8, 4) is 0 Å². The average Bonchev–Trinajstić information content (AvgIpc) is 2.58. The first-order chi connectivity index (χ1) is 5.77. The summed E-state index contributed by atoms with van der Waals surface area (Å²) in [5, 5.41) is 3.43. The van der Waals surface area contributed by atoms with Crippen molar-refractivity contribution in [1.82, 2.24) is 10.2 Å². The van der Waals surface area contributed by atoms with Gasteiger partial charge < -0.3 is 4.74 Å². The van der Waals surface area contributed by atoms with Gasteiger partial charge in [-0.3, -0.25) is 9.69 Å². The van der Waals surface area contributed by atoms with Gasteiger partial charge in [0.15, 0.2) is 5.82 Å². The number of thioether (sulfide) groups is 1. The van der Waals surface area contributed by atoms with Gasteiger partial charge in [0.25, 0.3) is 5.24 Å². The predicted octanol–water partition coefficient (Wildman–Crippen LogP) is 0.709. The molecule has 1 fully saturated rings. The second-order valence-corrected chi connectivity index (χ2v) is 3.28. The third-order valence-electron chi connectivity index (χ3n) is 1.51. The largest absolute Gasteiger partial charge is 0.440 e. The summed E-state index contributed by atoms with van der Waals surface area (Å²) in [5.41, 5.74) is 0. The van der Waals surface area contributed by atoms with Crippen LogP contribution in [-0.4, -0.2) is 28.5 Å². The smallest absolute Gasteiger partial charge is 0.413 e. The van der Waals surface area contributed by atoms with Crippen molar-refractivity contribution < 1.29 is 14.3 Å². The Morgan fingerprint density at radius 3 is 2.92 bits per heavy atom. The Hall–Kier alpha value is -1.17. The second kappa shape index (κ2) is 2.71.